The van der Waals surface area contributed by atoms with Crippen LogP contribution in [-0.4, -0.2) is 11.0 Å². The van der Waals surface area contributed by atoms with Gasteiger partial charge in [0.25, 0.3) is 5.69 Å². The monoisotopic (exact) mass is 294 g/mol. The molecule has 0 radical (unpaired) electrons. The van der Waals surface area contributed by atoms with E-state index in [9.17, 15) is 14.5 Å². The maximum Gasteiger partial charge on any atom is 0.295 e. The van der Waals surface area contributed by atoms with Crippen molar-refractivity contribution in [2.75, 3.05) is 5.32 Å². The predicted octanol–water partition coefficient (Wildman–Crippen LogP) is 4.75. The van der Waals surface area contributed by atoms with E-state index in [0.717, 1.165) is 19.3 Å². The van der Waals surface area contributed by atoms with E-state index < -0.39 is 10.7 Å². The average Bonchev–Trinajstić information content (AvgIpc) is 2.40. The molecule has 1 aliphatic carbocycles. The molecule has 0 heterocycles. The van der Waals surface area contributed by atoms with Gasteiger partial charge in [-0.1, -0.05) is 39.7 Å². The number of halogens is 1. The van der Waals surface area contributed by atoms with Crippen molar-refractivity contribution in [3.05, 3.63) is 34.1 Å². The summed E-state index contributed by atoms with van der Waals surface area (Å²) in [6.07, 6.45) is 4.24. The Hall–Kier alpha value is -1.65. The highest BCUT2D eigenvalue weighted by atomic mass is 19.1. The van der Waals surface area contributed by atoms with E-state index >= 15 is 0 Å². The first kappa shape index (κ1) is 15.7. The molecule has 21 heavy (non-hydrogen) atoms. The molecule has 4 nitrogen and oxygen atoms in total. The Bertz CT molecular complexity index is 525. The Kier molecular flexibility index (Phi) is 4.49. The first-order chi connectivity index (χ1) is 9.80. The largest absolute Gasteiger partial charge is 0.374 e. The summed E-state index contributed by atoms with van der Waals surface area (Å²) in [6.45, 7) is 6.52. The summed E-state index contributed by atoms with van der Waals surface area (Å²) in [6, 6.07) is 4.07. The second-order valence-corrected chi connectivity index (χ2v) is 6.90. The van der Waals surface area contributed by atoms with Crippen molar-refractivity contribution in [3.8, 4) is 0 Å². The van der Waals surface area contributed by atoms with Crippen molar-refractivity contribution in [2.45, 2.75) is 52.5 Å². The fourth-order valence-corrected chi connectivity index (χ4v) is 3.33. The number of nitro groups is 1. The number of para-hydroxylation sites is 1. The molecule has 2 unspecified atom stereocenters. The van der Waals surface area contributed by atoms with Crippen LogP contribution in [-0.2, 0) is 0 Å². The van der Waals surface area contributed by atoms with Crippen molar-refractivity contribution < 1.29 is 9.31 Å². The normalized spacial score (nSPS) is 22.9. The molecule has 116 valence electrons. The van der Waals surface area contributed by atoms with Gasteiger partial charge >= 0.3 is 0 Å². The van der Waals surface area contributed by atoms with Crippen LogP contribution in [0.4, 0.5) is 15.8 Å². The average molecular weight is 294 g/mol. The highest BCUT2D eigenvalue weighted by molar-refractivity contribution is 5.62. The molecule has 0 aliphatic heterocycles. The number of benzene rings is 1. The number of hydrogen-bond donors (Lipinski definition) is 1. The van der Waals surface area contributed by atoms with E-state index in [2.05, 4.69) is 26.1 Å². The SMILES string of the molecule is CC(C)(C)C1CCCCC1Nc1c(F)cccc1[N+](=O)[O-]. The lowest BCUT2D eigenvalue weighted by molar-refractivity contribution is -0.384. The molecule has 1 N–H and O–H groups in total. The van der Waals surface area contributed by atoms with Crippen LogP contribution in [0.1, 0.15) is 46.5 Å². The molecule has 0 saturated heterocycles. The van der Waals surface area contributed by atoms with Crippen LogP contribution in [0.25, 0.3) is 0 Å². The Labute approximate surface area is 124 Å². The van der Waals surface area contributed by atoms with Gasteiger partial charge in [-0.05, 0) is 30.2 Å². The Morgan fingerprint density at radius 1 is 1.29 bits per heavy atom. The fourth-order valence-electron chi connectivity index (χ4n) is 3.33. The van der Waals surface area contributed by atoms with Gasteiger partial charge in [-0.2, -0.15) is 0 Å². The highest BCUT2D eigenvalue weighted by Gasteiger charge is 2.35. The van der Waals surface area contributed by atoms with E-state index in [1.165, 1.54) is 24.6 Å². The zero-order chi connectivity index (χ0) is 15.6. The van der Waals surface area contributed by atoms with Crippen LogP contribution < -0.4 is 5.32 Å². The molecule has 2 rings (SSSR count). The van der Waals surface area contributed by atoms with E-state index in [0.29, 0.717) is 5.92 Å². The van der Waals surface area contributed by atoms with E-state index in [1.54, 1.807) is 0 Å². The Balaban J connectivity index is 2.30. The molecular weight excluding hydrogens is 271 g/mol. The molecule has 1 saturated carbocycles. The van der Waals surface area contributed by atoms with Crippen LogP contribution in [0.3, 0.4) is 0 Å². The second-order valence-electron chi connectivity index (χ2n) is 6.90. The summed E-state index contributed by atoms with van der Waals surface area (Å²) in [7, 11) is 0. The van der Waals surface area contributed by atoms with E-state index in [4.69, 9.17) is 0 Å². The maximum absolute atomic E-state index is 14.0. The third-order valence-corrected chi connectivity index (χ3v) is 4.40. The molecule has 0 aromatic heterocycles. The first-order valence-corrected chi connectivity index (χ1v) is 7.50. The van der Waals surface area contributed by atoms with Crippen LogP contribution in [0, 0.1) is 27.3 Å². The number of nitro benzene ring substituents is 1. The summed E-state index contributed by atoms with van der Waals surface area (Å²) in [5.41, 5.74) is -0.0603. The Morgan fingerprint density at radius 2 is 1.95 bits per heavy atom. The molecule has 0 bridgehead atoms. The van der Waals surface area contributed by atoms with Gasteiger partial charge < -0.3 is 5.32 Å². The molecule has 2 atom stereocenters. The predicted molar refractivity (Wildman–Crippen MR) is 81.9 cm³/mol. The van der Waals surface area contributed by atoms with Crippen molar-refractivity contribution in [2.24, 2.45) is 11.3 Å². The molecule has 5 heteroatoms. The lowest BCUT2D eigenvalue weighted by Crippen LogP contribution is -2.40. The number of rotatable bonds is 3. The molecule has 1 fully saturated rings. The van der Waals surface area contributed by atoms with Crippen LogP contribution in [0.2, 0.25) is 0 Å². The summed E-state index contributed by atoms with van der Waals surface area (Å²) < 4.78 is 14.0. The minimum Gasteiger partial charge on any atom is -0.374 e. The topological polar surface area (TPSA) is 55.2 Å². The maximum atomic E-state index is 14.0. The molecule has 0 amide bonds. The zero-order valence-corrected chi connectivity index (χ0v) is 12.9. The Morgan fingerprint density at radius 3 is 2.57 bits per heavy atom. The van der Waals surface area contributed by atoms with Gasteiger partial charge in [0.2, 0.25) is 0 Å². The van der Waals surface area contributed by atoms with Crippen molar-refractivity contribution in [3.63, 3.8) is 0 Å². The summed E-state index contributed by atoms with van der Waals surface area (Å²) in [5.74, 6) is -0.173. The van der Waals surface area contributed by atoms with Gasteiger partial charge in [0.05, 0.1) is 4.92 Å². The lowest BCUT2D eigenvalue weighted by Gasteiger charge is -2.41. The van der Waals surface area contributed by atoms with Crippen molar-refractivity contribution in [1.29, 1.82) is 0 Å². The smallest absolute Gasteiger partial charge is 0.295 e. The summed E-state index contributed by atoms with van der Waals surface area (Å²) in [5, 5.41) is 14.2. The van der Waals surface area contributed by atoms with Gasteiger partial charge in [-0.3, -0.25) is 10.1 Å². The third-order valence-electron chi connectivity index (χ3n) is 4.40. The summed E-state index contributed by atoms with van der Waals surface area (Å²) in [4.78, 5) is 10.6. The zero-order valence-electron chi connectivity index (χ0n) is 12.9. The molecule has 0 spiro atoms. The number of hydrogen-bond acceptors (Lipinski definition) is 3. The molecule has 1 aliphatic rings. The van der Waals surface area contributed by atoms with Crippen molar-refractivity contribution in [1.82, 2.24) is 0 Å². The van der Waals surface area contributed by atoms with Crippen LogP contribution in [0.15, 0.2) is 18.2 Å². The molecule has 1 aromatic carbocycles. The van der Waals surface area contributed by atoms with Gasteiger partial charge in [0.15, 0.2) is 5.82 Å². The van der Waals surface area contributed by atoms with Crippen LogP contribution >= 0.6 is 0 Å². The minimum absolute atomic E-state index is 0.0312. The molecular formula is C16H23FN2O2. The first-order valence-electron chi connectivity index (χ1n) is 7.50. The minimum atomic E-state index is -0.553. The quantitative estimate of drug-likeness (QED) is 0.646. The van der Waals surface area contributed by atoms with E-state index in [-0.39, 0.29) is 22.8 Å². The number of nitrogens with one attached hydrogen (secondary N) is 1. The standard InChI is InChI=1S/C16H23FN2O2/c1-16(2,3)11-7-4-5-9-13(11)18-15-12(17)8-6-10-14(15)19(20)21/h6,8,10-11,13,18H,4-5,7,9H2,1-3H3. The number of anilines is 1. The third kappa shape index (κ3) is 3.52. The van der Waals surface area contributed by atoms with E-state index in [1.807, 2.05) is 0 Å². The summed E-state index contributed by atoms with van der Waals surface area (Å²) >= 11 is 0. The van der Waals surface area contributed by atoms with Crippen molar-refractivity contribution >= 4 is 11.4 Å². The fraction of sp³-hybridized carbons (Fsp3) is 0.625. The highest BCUT2D eigenvalue weighted by Crippen LogP contribution is 2.40. The second kappa shape index (κ2) is 6.00. The van der Waals surface area contributed by atoms with Gasteiger partial charge in [-0.25, -0.2) is 4.39 Å². The number of nitrogens with zero attached hydrogens (tertiary/aromatic N) is 1. The van der Waals surface area contributed by atoms with Gasteiger partial charge in [-0.15, -0.1) is 0 Å². The molecule has 1 aromatic rings. The van der Waals surface area contributed by atoms with Gasteiger partial charge in [0.1, 0.15) is 5.69 Å². The van der Waals surface area contributed by atoms with Gasteiger partial charge in [0, 0.05) is 12.1 Å². The van der Waals surface area contributed by atoms with Crippen LogP contribution in [0.5, 0.6) is 0 Å². The lowest BCUT2D eigenvalue weighted by atomic mass is 9.69.